The summed E-state index contributed by atoms with van der Waals surface area (Å²) in [7, 11) is 0. The largest absolute Gasteiger partial charge is 0.348 e. The lowest BCUT2D eigenvalue weighted by atomic mass is 10.1. The molecule has 19 heavy (non-hydrogen) atoms. The van der Waals surface area contributed by atoms with Gasteiger partial charge in [0.05, 0.1) is 0 Å². The first kappa shape index (κ1) is 13.0. The number of rotatable bonds is 4. The van der Waals surface area contributed by atoms with Gasteiger partial charge in [-0.25, -0.2) is 0 Å². The van der Waals surface area contributed by atoms with Crippen molar-refractivity contribution in [1.29, 1.82) is 0 Å². The molecule has 0 radical (unpaired) electrons. The van der Waals surface area contributed by atoms with Crippen LogP contribution < -0.4 is 5.32 Å². The predicted octanol–water partition coefficient (Wildman–Crippen LogP) is 2.72. The lowest BCUT2D eigenvalue weighted by Gasteiger charge is -2.05. The number of amides is 1. The van der Waals surface area contributed by atoms with Gasteiger partial charge in [-0.15, -0.1) is 0 Å². The van der Waals surface area contributed by atoms with Gasteiger partial charge in [0.15, 0.2) is 0 Å². The van der Waals surface area contributed by atoms with E-state index in [1.807, 2.05) is 43.3 Å². The molecule has 0 spiro atoms. The Labute approximate surface area is 113 Å². The summed E-state index contributed by atoms with van der Waals surface area (Å²) in [5, 5.41) is 2.87. The van der Waals surface area contributed by atoms with Crippen molar-refractivity contribution in [3.63, 3.8) is 0 Å². The Morgan fingerprint density at radius 3 is 2.68 bits per heavy atom. The maximum absolute atomic E-state index is 11.7. The molecular weight excluding hydrogens is 236 g/mol. The molecule has 0 unspecified atom stereocenters. The Balaban J connectivity index is 1.89. The van der Waals surface area contributed by atoms with Gasteiger partial charge in [-0.1, -0.05) is 24.3 Å². The summed E-state index contributed by atoms with van der Waals surface area (Å²) in [4.78, 5) is 15.6. The smallest absolute Gasteiger partial charge is 0.244 e. The molecule has 0 fully saturated rings. The minimum atomic E-state index is -0.0972. The zero-order chi connectivity index (χ0) is 13.5. The molecule has 1 heterocycles. The second kappa shape index (κ2) is 6.50. The Kier molecular flexibility index (Phi) is 4.45. The highest BCUT2D eigenvalue weighted by atomic mass is 16.1. The fourth-order valence-corrected chi connectivity index (χ4v) is 1.70. The van der Waals surface area contributed by atoms with Crippen molar-refractivity contribution in [2.45, 2.75) is 13.5 Å². The van der Waals surface area contributed by atoms with Gasteiger partial charge < -0.3 is 5.32 Å². The third-order valence-electron chi connectivity index (χ3n) is 2.85. The van der Waals surface area contributed by atoms with E-state index in [9.17, 15) is 4.79 Å². The topological polar surface area (TPSA) is 42.0 Å². The second-order valence-electron chi connectivity index (χ2n) is 4.26. The highest BCUT2D eigenvalue weighted by Gasteiger charge is 1.99. The fourth-order valence-electron chi connectivity index (χ4n) is 1.70. The second-order valence-corrected chi connectivity index (χ2v) is 4.26. The number of aryl methyl sites for hydroxylation is 1. The molecule has 1 N–H and O–H groups in total. The van der Waals surface area contributed by atoms with Gasteiger partial charge in [0.25, 0.3) is 0 Å². The predicted molar refractivity (Wildman–Crippen MR) is 76.3 cm³/mol. The molecule has 0 aliphatic heterocycles. The molecule has 0 aliphatic carbocycles. The minimum absolute atomic E-state index is 0.0972. The zero-order valence-electron chi connectivity index (χ0n) is 10.8. The summed E-state index contributed by atoms with van der Waals surface area (Å²) >= 11 is 0. The molecule has 1 aromatic carbocycles. The van der Waals surface area contributed by atoms with Crippen LogP contribution in [0.3, 0.4) is 0 Å². The van der Waals surface area contributed by atoms with Gasteiger partial charge >= 0.3 is 0 Å². The summed E-state index contributed by atoms with van der Waals surface area (Å²) in [5.41, 5.74) is 3.27. The molecule has 2 rings (SSSR count). The Morgan fingerprint density at radius 1 is 1.21 bits per heavy atom. The lowest BCUT2D eigenvalue weighted by Crippen LogP contribution is -2.20. The van der Waals surface area contributed by atoms with Gasteiger partial charge in [-0.2, -0.15) is 0 Å². The third-order valence-corrected chi connectivity index (χ3v) is 2.85. The maximum atomic E-state index is 11.7. The van der Waals surface area contributed by atoms with E-state index in [0.29, 0.717) is 6.54 Å². The molecule has 0 bridgehead atoms. The molecule has 1 aromatic heterocycles. The molecule has 3 nitrogen and oxygen atoms in total. The monoisotopic (exact) mass is 252 g/mol. The third kappa shape index (κ3) is 4.07. The van der Waals surface area contributed by atoms with Gasteiger partial charge in [0.2, 0.25) is 5.91 Å². The van der Waals surface area contributed by atoms with E-state index in [2.05, 4.69) is 10.3 Å². The molecule has 0 aliphatic rings. The molecule has 2 aromatic rings. The van der Waals surface area contributed by atoms with Crippen molar-refractivity contribution in [2.75, 3.05) is 0 Å². The molecule has 96 valence electrons. The van der Waals surface area contributed by atoms with Crippen LogP contribution in [-0.4, -0.2) is 10.9 Å². The summed E-state index contributed by atoms with van der Waals surface area (Å²) in [6, 6.07) is 11.7. The molecule has 3 heteroatoms. The Hall–Kier alpha value is -2.42. The van der Waals surface area contributed by atoms with Gasteiger partial charge in [-0.05, 0) is 41.8 Å². The fraction of sp³-hybridized carbons (Fsp3) is 0.125. The number of carbonyl (C=O) groups excluding carboxylic acids is 1. The normalized spacial score (nSPS) is 10.6. The van der Waals surface area contributed by atoms with E-state index >= 15 is 0 Å². The van der Waals surface area contributed by atoms with Crippen molar-refractivity contribution in [1.82, 2.24) is 10.3 Å². The summed E-state index contributed by atoms with van der Waals surface area (Å²) in [6.07, 6.45) is 6.71. The Morgan fingerprint density at radius 2 is 1.95 bits per heavy atom. The standard InChI is InChI=1S/C16H16N2O/c1-13-4-2-3-5-15(13)12-18-16(19)7-6-14-8-10-17-11-9-14/h2-11H,12H2,1H3,(H,18,19). The molecule has 0 saturated heterocycles. The van der Waals surface area contributed by atoms with Crippen LogP contribution in [0.15, 0.2) is 54.9 Å². The number of aromatic nitrogens is 1. The Bertz CT molecular complexity index is 576. The van der Waals surface area contributed by atoms with Crippen molar-refractivity contribution >= 4 is 12.0 Å². The van der Waals surface area contributed by atoms with E-state index in [0.717, 1.165) is 11.1 Å². The van der Waals surface area contributed by atoms with E-state index in [1.165, 1.54) is 11.6 Å². The van der Waals surface area contributed by atoms with Crippen LogP contribution in [0.1, 0.15) is 16.7 Å². The van der Waals surface area contributed by atoms with Crippen molar-refractivity contribution in [3.05, 3.63) is 71.6 Å². The van der Waals surface area contributed by atoms with E-state index in [4.69, 9.17) is 0 Å². The average molecular weight is 252 g/mol. The number of benzene rings is 1. The first-order valence-electron chi connectivity index (χ1n) is 6.16. The average Bonchev–Trinajstić information content (AvgIpc) is 2.45. The number of pyridine rings is 1. The van der Waals surface area contributed by atoms with Crippen LogP contribution >= 0.6 is 0 Å². The first-order chi connectivity index (χ1) is 9.25. The van der Waals surface area contributed by atoms with Gasteiger partial charge in [0, 0.05) is 25.0 Å². The zero-order valence-corrected chi connectivity index (χ0v) is 10.8. The van der Waals surface area contributed by atoms with Crippen LogP contribution in [0, 0.1) is 6.92 Å². The highest BCUT2D eigenvalue weighted by Crippen LogP contribution is 2.06. The first-order valence-corrected chi connectivity index (χ1v) is 6.16. The highest BCUT2D eigenvalue weighted by molar-refractivity contribution is 5.91. The maximum Gasteiger partial charge on any atom is 0.244 e. The molecule has 0 saturated carbocycles. The van der Waals surface area contributed by atoms with Gasteiger partial charge in [-0.3, -0.25) is 9.78 Å². The molecule has 1 amide bonds. The number of nitrogens with zero attached hydrogens (tertiary/aromatic N) is 1. The van der Waals surface area contributed by atoms with E-state index in [-0.39, 0.29) is 5.91 Å². The van der Waals surface area contributed by atoms with Crippen LogP contribution in [0.5, 0.6) is 0 Å². The number of hydrogen-bond acceptors (Lipinski definition) is 2. The van der Waals surface area contributed by atoms with Crippen LogP contribution in [0.25, 0.3) is 6.08 Å². The van der Waals surface area contributed by atoms with Crippen LogP contribution in [0.2, 0.25) is 0 Å². The summed E-state index contributed by atoms with van der Waals surface area (Å²) in [6.45, 7) is 2.58. The molecular formula is C16H16N2O. The molecule has 0 atom stereocenters. The minimum Gasteiger partial charge on any atom is -0.348 e. The van der Waals surface area contributed by atoms with Crippen molar-refractivity contribution < 1.29 is 4.79 Å². The summed E-state index contributed by atoms with van der Waals surface area (Å²) < 4.78 is 0. The van der Waals surface area contributed by atoms with Gasteiger partial charge in [0.1, 0.15) is 0 Å². The SMILES string of the molecule is Cc1ccccc1CNC(=O)C=Cc1ccncc1. The number of hydrogen-bond donors (Lipinski definition) is 1. The number of nitrogens with one attached hydrogen (secondary N) is 1. The summed E-state index contributed by atoms with van der Waals surface area (Å²) in [5.74, 6) is -0.0972. The van der Waals surface area contributed by atoms with Crippen molar-refractivity contribution in [2.24, 2.45) is 0 Å². The van der Waals surface area contributed by atoms with Crippen LogP contribution in [0.4, 0.5) is 0 Å². The van der Waals surface area contributed by atoms with E-state index < -0.39 is 0 Å². The number of carbonyl (C=O) groups is 1. The van der Waals surface area contributed by atoms with E-state index in [1.54, 1.807) is 18.5 Å². The quantitative estimate of drug-likeness (QED) is 0.850. The van der Waals surface area contributed by atoms with Crippen molar-refractivity contribution in [3.8, 4) is 0 Å². The lowest BCUT2D eigenvalue weighted by molar-refractivity contribution is -0.116. The van der Waals surface area contributed by atoms with Crippen LogP contribution in [-0.2, 0) is 11.3 Å².